The van der Waals surface area contributed by atoms with Crippen molar-refractivity contribution in [1.82, 2.24) is 9.47 Å². The molecule has 0 aliphatic heterocycles. The van der Waals surface area contributed by atoms with Crippen molar-refractivity contribution in [3.05, 3.63) is 88.8 Å². The lowest BCUT2D eigenvalue weighted by Gasteiger charge is -2.20. The average Bonchev–Trinajstić information content (AvgIpc) is 3.22. The van der Waals surface area contributed by atoms with Gasteiger partial charge in [-0.1, -0.05) is 29.8 Å². The maximum Gasteiger partial charge on any atom is 0.415 e. The zero-order valence-electron chi connectivity index (χ0n) is 18.6. The number of benzene rings is 3. The lowest BCUT2D eigenvalue weighted by Crippen LogP contribution is -2.33. The van der Waals surface area contributed by atoms with Crippen LogP contribution < -0.4 is 4.74 Å². The molecular formula is C26H22ClF3N2O2. The van der Waals surface area contributed by atoms with E-state index >= 15 is 0 Å². The van der Waals surface area contributed by atoms with E-state index in [0.29, 0.717) is 40.7 Å². The van der Waals surface area contributed by atoms with Crippen molar-refractivity contribution in [3.8, 4) is 16.9 Å². The fourth-order valence-corrected chi connectivity index (χ4v) is 4.11. The first-order valence-corrected chi connectivity index (χ1v) is 11.2. The summed E-state index contributed by atoms with van der Waals surface area (Å²) in [6.45, 7) is 4.78. The second kappa shape index (κ2) is 9.81. The van der Waals surface area contributed by atoms with E-state index in [-0.39, 0.29) is 17.3 Å². The largest absolute Gasteiger partial charge is 0.415 e. The molecule has 4 rings (SSSR count). The van der Waals surface area contributed by atoms with E-state index in [4.69, 9.17) is 16.3 Å². The van der Waals surface area contributed by atoms with Crippen LogP contribution in [0.3, 0.4) is 0 Å². The van der Waals surface area contributed by atoms with E-state index in [9.17, 15) is 18.0 Å². The van der Waals surface area contributed by atoms with Gasteiger partial charge in [0.15, 0.2) is 11.6 Å². The van der Waals surface area contributed by atoms with Gasteiger partial charge in [0, 0.05) is 41.3 Å². The predicted molar refractivity (Wildman–Crippen MR) is 127 cm³/mol. The topological polar surface area (TPSA) is 34.5 Å². The summed E-state index contributed by atoms with van der Waals surface area (Å²) < 4.78 is 49.7. The standard InChI is InChI=1S/C26H22ClF3N2O2/c1-3-31(4-2)26(33)34-23-11-10-22-18(24(23)16-8-9-20(28)21(29)14-16)12-13-32(22)15-17-6-5-7-19(27)25(17)30/h5-14H,3-4,15H2,1-2H3. The molecule has 3 aromatic carbocycles. The highest BCUT2D eigenvalue weighted by atomic mass is 35.5. The van der Waals surface area contributed by atoms with Gasteiger partial charge >= 0.3 is 6.09 Å². The van der Waals surface area contributed by atoms with Crippen LogP contribution in [0.2, 0.25) is 5.02 Å². The van der Waals surface area contributed by atoms with E-state index in [1.807, 2.05) is 18.4 Å². The SMILES string of the molecule is CCN(CC)C(=O)Oc1ccc2c(ccn2Cc2cccc(Cl)c2F)c1-c1ccc(F)c(F)c1. The maximum absolute atomic E-state index is 14.5. The summed E-state index contributed by atoms with van der Waals surface area (Å²) in [7, 11) is 0. The number of carbonyl (C=O) groups is 1. The molecule has 1 heterocycles. The van der Waals surface area contributed by atoms with Gasteiger partial charge in [0.1, 0.15) is 11.6 Å². The minimum absolute atomic E-state index is 0.0297. The molecule has 0 aliphatic rings. The number of aromatic nitrogens is 1. The molecule has 0 radical (unpaired) electrons. The van der Waals surface area contributed by atoms with Crippen LogP contribution in [0, 0.1) is 17.5 Å². The predicted octanol–water partition coefficient (Wildman–Crippen LogP) is 7.27. The van der Waals surface area contributed by atoms with E-state index in [0.717, 1.165) is 12.1 Å². The van der Waals surface area contributed by atoms with Gasteiger partial charge in [-0.25, -0.2) is 18.0 Å². The first kappa shape index (κ1) is 23.7. The zero-order valence-corrected chi connectivity index (χ0v) is 19.4. The molecule has 0 aliphatic carbocycles. The van der Waals surface area contributed by atoms with Gasteiger partial charge in [0.25, 0.3) is 0 Å². The number of ether oxygens (including phenoxy) is 1. The first-order chi connectivity index (χ1) is 16.3. The van der Waals surface area contributed by atoms with Crippen LogP contribution >= 0.6 is 11.6 Å². The Hall–Kier alpha value is -3.45. The van der Waals surface area contributed by atoms with Crippen molar-refractivity contribution in [2.24, 2.45) is 0 Å². The number of fused-ring (bicyclic) bond motifs is 1. The zero-order chi connectivity index (χ0) is 24.4. The number of nitrogens with zero attached hydrogens (tertiary/aromatic N) is 2. The minimum atomic E-state index is -1.02. The molecule has 8 heteroatoms. The Labute approximate surface area is 200 Å². The van der Waals surface area contributed by atoms with E-state index in [2.05, 4.69) is 0 Å². The first-order valence-electron chi connectivity index (χ1n) is 10.8. The number of carbonyl (C=O) groups excluding carboxylic acids is 1. The van der Waals surface area contributed by atoms with Crippen LogP contribution in [0.15, 0.2) is 60.8 Å². The van der Waals surface area contributed by atoms with Gasteiger partial charge < -0.3 is 14.2 Å². The Kier molecular flexibility index (Phi) is 6.84. The number of amides is 1. The Morgan fingerprint density at radius 3 is 2.47 bits per heavy atom. The fourth-order valence-electron chi connectivity index (χ4n) is 3.92. The molecule has 1 aromatic heterocycles. The third-order valence-corrected chi connectivity index (χ3v) is 6.01. The Balaban J connectivity index is 1.85. The molecule has 0 atom stereocenters. The molecule has 0 saturated carbocycles. The second-order valence-electron chi connectivity index (χ2n) is 7.70. The van der Waals surface area contributed by atoms with Crippen molar-refractivity contribution in [3.63, 3.8) is 0 Å². The van der Waals surface area contributed by atoms with Crippen molar-refractivity contribution >= 4 is 28.6 Å². The summed E-state index contributed by atoms with van der Waals surface area (Å²) in [6, 6.07) is 13.4. The van der Waals surface area contributed by atoms with Gasteiger partial charge in [-0.2, -0.15) is 0 Å². The Morgan fingerprint density at radius 1 is 1.00 bits per heavy atom. The summed E-state index contributed by atoms with van der Waals surface area (Å²) in [5, 5.41) is 0.667. The van der Waals surface area contributed by atoms with Crippen LogP contribution in [0.5, 0.6) is 5.75 Å². The Bertz CT molecular complexity index is 1370. The maximum atomic E-state index is 14.5. The summed E-state index contributed by atoms with van der Waals surface area (Å²) in [4.78, 5) is 14.1. The molecule has 34 heavy (non-hydrogen) atoms. The monoisotopic (exact) mass is 486 g/mol. The molecule has 4 nitrogen and oxygen atoms in total. The number of rotatable bonds is 6. The minimum Gasteiger partial charge on any atom is -0.410 e. The van der Waals surface area contributed by atoms with Gasteiger partial charge in [-0.05, 0) is 55.8 Å². The third kappa shape index (κ3) is 4.48. The van der Waals surface area contributed by atoms with Crippen LogP contribution in [0.4, 0.5) is 18.0 Å². The summed E-state index contributed by atoms with van der Waals surface area (Å²) >= 11 is 5.92. The Morgan fingerprint density at radius 2 is 1.76 bits per heavy atom. The van der Waals surface area contributed by atoms with Gasteiger partial charge in [0.05, 0.1) is 11.6 Å². The molecule has 4 aromatic rings. The molecule has 0 N–H and O–H groups in total. The van der Waals surface area contributed by atoms with Crippen molar-refractivity contribution in [1.29, 1.82) is 0 Å². The van der Waals surface area contributed by atoms with E-state index < -0.39 is 23.5 Å². The summed E-state index contributed by atoms with van der Waals surface area (Å²) in [6.07, 6.45) is 1.21. The number of hydrogen-bond donors (Lipinski definition) is 0. The quantitative estimate of drug-likeness (QED) is 0.287. The third-order valence-electron chi connectivity index (χ3n) is 5.71. The lowest BCUT2D eigenvalue weighted by atomic mass is 10.00. The van der Waals surface area contributed by atoms with Crippen molar-refractivity contribution in [2.75, 3.05) is 13.1 Å². The molecule has 0 bridgehead atoms. The molecule has 0 fully saturated rings. The highest BCUT2D eigenvalue weighted by molar-refractivity contribution is 6.30. The molecule has 0 unspecified atom stereocenters. The highest BCUT2D eigenvalue weighted by Crippen LogP contribution is 2.39. The normalized spacial score (nSPS) is 11.1. The van der Waals surface area contributed by atoms with Crippen LogP contribution in [0.25, 0.3) is 22.0 Å². The van der Waals surface area contributed by atoms with Crippen molar-refractivity contribution < 1.29 is 22.7 Å². The number of hydrogen-bond acceptors (Lipinski definition) is 2. The average molecular weight is 487 g/mol. The van der Waals surface area contributed by atoms with Crippen LogP contribution in [0.1, 0.15) is 19.4 Å². The smallest absolute Gasteiger partial charge is 0.410 e. The van der Waals surface area contributed by atoms with Gasteiger partial charge in [-0.3, -0.25) is 0 Å². The number of halogens is 4. The summed E-state index contributed by atoms with van der Waals surface area (Å²) in [5.74, 6) is -2.29. The molecule has 176 valence electrons. The van der Waals surface area contributed by atoms with Gasteiger partial charge in [-0.15, -0.1) is 0 Å². The van der Waals surface area contributed by atoms with Crippen LogP contribution in [-0.4, -0.2) is 28.6 Å². The molecule has 0 spiro atoms. The highest BCUT2D eigenvalue weighted by Gasteiger charge is 2.20. The van der Waals surface area contributed by atoms with Crippen LogP contribution in [-0.2, 0) is 6.54 Å². The molecule has 1 amide bonds. The van der Waals surface area contributed by atoms with E-state index in [1.165, 1.54) is 17.0 Å². The molecular weight excluding hydrogens is 465 g/mol. The van der Waals surface area contributed by atoms with Crippen molar-refractivity contribution in [2.45, 2.75) is 20.4 Å². The second-order valence-corrected chi connectivity index (χ2v) is 8.10. The van der Waals surface area contributed by atoms with Gasteiger partial charge in [0.2, 0.25) is 0 Å². The molecule has 0 saturated heterocycles. The fraction of sp³-hybridized carbons (Fsp3) is 0.192. The van der Waals surface area contributed by atoms with E-state index in [1.54, 1.807) is 36.5 Å². The lowest BCUT2D eigenvalue weighted by molar-refractivity contribution is 0.157. The summed E-state index contributed by atoms with van der Waals surface area (Å²) in [5.41, 5.74) is 1.87.